The lowest BCUT2D eigenvalue weighted by molar-refractivity contribution is 0.0444. The number of fused-ring (bicyclic) bond motifs is 2. The molecule has 0 N–H and O–H groups in total. The predicted octanol–water partition coefficient (Wildman–Crippen LogP) is 2.64. The van der Waals surface area contributed by atoms with E-state index in [-0.39, 0.29) is 11.6 Å². The van der Waals surface area contributed by atoms with Gasteiger partial charge in [-0.1, -0.05) is 24.6 Å². The third kappa shape index (κ3) is 2.28. The van der Waals surface area contributed by atoms with E-state index < -0.39 is 0 Å². The number of ether oxygens (including phenoxy) is 1. The van der Waals surface area contributed by atoms with E-state index in [0.717, 1.165) is 47.7 Å². The van der Waals surface area contributed by atoms with Gasteiger partial charge in [0, 0.05) is 38.6 Å². The summed E-state index contributed by atoms with van der Waals surface area (Å²) in [6.07, 6.45) is 0.710. The molecule has 2 aliphatic heterocycles. The molecule has 2 fully saturated rings. The van der Waals surface area contributed by atoms with Crippen LogP contribution in [0.5, 0.6) is 0 Å². The number of benzene rings is 1. The number of carbonyl (C=O) groups is 1. The Bertz CT molecular complexity index is 805. The molecule has 0 aliphatic carbocycles. The van der Waals surface area contributed by atoms with E-state index in [2.05, 4.69) is 16.9 Å². The van der Waals surface area contributed by atoms with Gasteiger partial charge in [-0.25, -0.2) is 4.79 Å². The average molecular weight is 349 g/mol. The number of nitrogens with zero attached hydrogens (tertiary/aromatic N) is 4. The molecule has 0 saturated carbocycles. The van der Waals surface area contributed by atoms with Gasteiger partial charge in [-0.15, -0.1) is 0 Å². The molecule has 1 aromatic heterocycles. The largest absolute Gasteiger partial charge is 0.447 e. The van der Waals surface area contributed by atoms with Gasteiger partial charge in [0.25, 0.3) is 0 Å². The molecule has 24 heavy (non-hydrogen) atoms. The Labute approximate surface area is 145 Å². The fourth-order valence-corrected chi connectivity index (χ4v) is 4.24. The number of cyclic esters (lactones) is 1. The van der Waals surface area contributed by atoms with Crippen molar-refractivity contribution >= 4 is 28.6 Å². The Morgan fingerprint density at radius 3 is 3.00 bits per heavy atom. The predicted molar refractivity (Wildman–Crippen MR) is 92.1 cm³/mol. The highest BCUT2D eigenvalue weighted by molar-refractivity contribution is 6.35. The van der Waals surface area contributed by atoms with Crippen LogP contribution in [-0.4, -0.2) is 57.5 Å². The molecule has 1 amide bonds. The van der Waals surface area contributed by atoms with Gasteiger partial charge >= 0.3 is 6.09 Å². The number of aryl methyl sites for hydroxylation is 1. The van der Waals surface area contributed by atoms with Crippen LogP contribution in [0.15, 0.2) is 18.2 Å². The van der Waals surface area contributed by atoms with Crippen molar-refractivity contribution in [3.05, 3.63) is 28.9 Å². The van der Waals surface area contributed by atoms with Crippen LogP contribution in [0.1, 0.15) is 19.0 Å². The number of amides is 1. The normalized spacial score (nSPS) is 24.5. The Balaban J connectivity index is 1.62. The second kappa shape index (κ2) is 5.63. The number of aromatic nitrogens is 2. The van der Waals surface area contributed by atoms with Crippen molar-refractivity contribution in [2.45, 2.75) is 25.4 Å². The van der Waals surface area contributed by atoms with Gasteiger partial charge in [0.1, 0.15) is 6.61 Å². The smallest absolute Gasteiger partial charge is 0.410 e. The fourth-order valence-electron chi connectivity index (χ4n) is 3.96. The highest BCUT2D eigenvalue weighted by Crippen LogP contribution is 2.33. The summed E-state index contributed by atoms with van der Waals surface area (Å²) in [7, 11) is 1.94. The molecule has 128 valence electrons. The quantitative estimate of drug-likeness (QED) is 0.855. The maximum Gasteiger partial charge on any atom is 0.410 e. The summed E-state index contributed by atoms with van der Waals surface area (Å²) in [4.78, 5) is 16.2. The van der Waals surface area contributed by atoms with Gasteiger partial charge in [-0.2, -0.15) is 5.10 Å². The molecule has 2 aromatic rings. The summed E-state index contributed by atoms with van der Waals surface area (Å²) >= 11 is 6.41. The van der Waals surface area contributed by atoms with Crippen LogP contribution < -0.4 is 0 Å². The Kier molecular flexibility index (Phi) is 3.69. The van der Waals surface area contributed by atoms with E-state index in [0.29, 0.717) is 13.2 Å². The number of rotatable bonds is 3. The van der Waals surface area contributed by atoms with E-state index in [1.165, 1.54) is 0 Å². The molecule has 0 bridgehead atoms. The minimum atomic E-state index is -0.205. The third-order valence-corrected chi connectivity index (χ3v) is 5.66. The van der Waals surface area contributed by atoms with Crippen LogP contribution in [0.25, 0.3) is 10.9 Å². The standard InChI is InChI=1S/C17H21ClN4O2/c1-3-17-10-21(7-8-22(17)16(23)24-11-17)9-13-15-12(18)5-4-6-14(15)20(2)19-13/h4-6H,3,7-11H2,1-2H3. The fraction of sp³-hybridized carbons (Fsp3) is 0.529. The first-order chi connectivity index (χ1) is 11.5. The molecule has 2 aliphatic rings. The lowest BCUT2D eigenvalue weighted by Crippen LogP contribution is -2.60. The van der Waals surface area contributed by atoms with E-state index in [1.807, 2.05) is 34.8 Å². The minimum Gasteiger partial charge on any atom is -0.447 e. The highest BCUT2D eigenvalue weighted by atomic mass is 35.5. The molecule has 2 saturated heterocycles. The second-order valence-electron chi connectivity index (χ2n) is 6.70. The summed E-state index contributed by atoms with van der Waals surface area (Å²) < 4.78 is 7.19. The maximum atomic E-state index is 11.9. The average Bonchev–Trinajstić information content (AvgIpc) is 3.07. The minimum absolute atomic E-state index is 0.178. The molecule has 6 nitrogen and oxygen atoms in total. The van der Waals surface area contributed by atoms with Crippen molar-refractivity contribution in [1.82, 2.24) is 19.6 Å². The molecule has 1 aromatic carbocycles. The maximum absolute atomic E-state index is 11.9. The summed E-state index contributed by atoms with van der Waals surface area (Å²) in [5.74, 6) is 0. The van der Waals surface area contributed by atoms with Crippen molar-refractivity contribution in [3.8, 4) is 0 Å². The van der Waals surface area contributed by atoms with Gasteiger partial charge in [0.05, 0.1) is 21.8 Å². The Hall–Kier alpha value is -1.79. The summed E-state index contributed by atoms with van der Waals surface area (Å²) in [6.45, 7) is 5.64. The number of carbonyl (C=O) groups excluding carboxylic acids is 1. The molecule has 3 heterocycles. The third-order valence-electron chi connectivity index (χ3n) is 5.35. The van der Waals surface area contributed by atoms with Crippen molar-refractivity contribution in [2.24, 2.45) is 7.05 Å². The zero-order valence-electron chi connectivity index (χ0n) is 14.0. The first-order valence-corrected chi connectivity index (χ1v) is 8.69. The Morgan fingerprint density at radius 1 is 1.38 bits per heavy atom. The van der Waals surface area contributed by atoms with Crippen LogP contribution in [0.2, 0.25) is 5.02 Å². The zero-order valence-corrected chi connectivity index (χ0v) is 14.7. The number of halogens is 1. The second-order valence-corrected chi connectivity index (χ2v) is 7.11. The van der Waals surface area contributed by atoms with E-state index in [1.54, 1.807) is 0 Å². The first-order valence-electron chi connectivity index (χ1n) is 8.31. The van der Waals surface area contributed by atoms with Crippen molar-refractivity contribution in [2.75, 3.05) is 26.2 Å². The summed E-state index contributed by atoms with van der Waals surface area (Å²) in [5, 5.41) is 6.43. The van der Waals surface area contributed by atoms with Gasteiger partial charge < -0.3 is 4.74 Å². The lowest BCUT2D eigenvalue weighted by Gasteiger charge is -2.44. The van der Waals surface area contributed by atoms with Crippen molar-refractivity contribution in [3.63, 3.8) is 0 Å². The van der Waals surface area contributed by atoms with Gasteiger partial charge in [-0.3, -0.25) is 14.5 Å². The Morgan fingerprint density at radius 2 is 2.21 bits per heavy atom. The summed E-state index contributed by atoms with van der Waals surface area (Å²) in [6, 6.07) is 5.89. The van der Waals surface area contributed by atoms with Crippen molar-refractivity contribution in [1.29, 1.82) is 0 Å². The van der Waals surface area contributed by atoms with E-state index in [9.17, 15) is 4.79 Å². The van der Waals surface area contributed by atoms with Crippen molar-refractivity contribution < 1.29 is 9.53 Å². The van der Waals surface area contributed by atoms with Crippen LogP contribution >= 0.6 is 11.6 Å². The topological polar surface area (TPSA) is 50.6 Å². The number of hydrogen-bond donors (Lipinski definition) is 0. The molecule has 7 heteroatoms. The van der Waals surface area contributed by atoms with Crippen LogP contribution in [-0.2, 0) is 18.3 Å². The first kappa shape index (κ1) is 15.7. The van der Waals surface area contributed by atoms with Crippen LogP contribution in [0.3, 0.4) is 0 Å². The van der Waals surface area contributed by atoms with Gasteiger partial charge in [-0.05, 0) is 18.6 Å². The monoisotopic (exact) mass is 348 g/mol. The van der Waals surface area contributed by atoms with E-state index >= 15 is 0 Å². The molecule has 4 rings (SSSR count). The van der Waals surface area contributed by atoms with E-state index in [4.69, 9.17) is 16.3 Å². The van der Waals surface area contributed by atoms with Gasteiger partial charge in [0.15, 0.2) is 0 Å². The van der Waals surface area contributed by atoms with Crippen LogP contribution in [0, 0.1) is 0 Å². The molecule has 0 spiro atoms. The van der Waals surface area contributed by atoms with Crippen LogP contribution in [0.4, 0.5) is 4.79 Å². The summed E-state index contributed by atoms with van der Waals surface area (Å²) in [5.41, 5.74) is 1.83. The molecule has 1 atom stereocenters. The zero-order chi connectivity index (χ0) is 16.9. The molecule has 0 radical (unpaired) electrons. The molecular formula is C17H21ClN4O2. The highest BCUT2D eigenvalue weighted by Gasteiger charge is 2.49. The number of piperazine rings is 1. The molecular weight excluding hydrogens is 328 g/mol. The van der Waals surface area contributed by atoms with Gasteiger partial charge in [0.2, 0.25) is 0 Å². The number of hydrogen-bond acceptors (Lipinski definition) is 4. The SMILES string of the molecule is CCC12COC(=O)N1CCN(Cc1nn(C)c3cccc(Cl)c13)C2. The molecule has 1 unspecified atom stereocenters. The lowest BCUT2D eigenvalue weighted by atomic mass is 9.93.